The zero-order valence-corrected chi connectivity index (χ0v) is 9.42. The number of likely N-dealkylation sites (tertiary alicyclic amines) is 1. The summed E-state index contributed by atoms with van der Waals surface area (Å²) in [6, 6.07) is 0.882. The van der Waals surface area contributed by atoms with Gasteiger partial charge in [0.2, 0.25) is 0 Å². The molecule has 0 radical (unpaired) electrons. The molecule has 1 aliphatic carbocycles. The number of hydrogen-bond donors (Lipinski definition) is 1. The average molecular weight is 217 g/mol. The molecule has 1 saturated carbocycles. The fourth-order valence-corrected chi connectivity index (χ4v) is 2.91. The molecular weight excluding hydrogens is 198 g/mol. The smallest absolute Gasteiger partial charge is 0.140 e. The van der Waals surface area contributed by atoms with Gasteiger partial charge in [-0.2, -0.15) is 0 Å². The molecule has 0 aromatic carbocycles. The first-order valence-corrected chi connectivity index (χ1v) is 6.98. The molecule has 4 heteroatoms. The van der Waals surface area contributed by atoms with E-state index in [1.165, 1.54) is 38.8 Å². The van der Waals surface area contributed by atoms with Crippen LogP contribution in [0.15, 0.2) is 0 Å². The molecule has 14 heavy (non-hydrogen) atoms. The van der Waals surface area contributed by atoms with Gasteiger partial charge in [-0.15, -0.1) is 0 Å². The van der Waals surface area contributed by atoms with Crippen LogP contribution in [-0.4, -0.2) is 38.2 Å². The predicted octanol–water partition coefficient (Wildman–Crippen LogP) is 0.862. The Morgan fingerprint density at radius 3 is 2.21 bits per heavy atom. The SMILES string of the molecule is O=[SH](=O)CCC1CCN(C2CC2)CC1. The molecule has 0 amide bonds. The summed E-state index contributed by atoms with van der Waals surface area (Å²) < 4.78 is 20.9. The van der Waals surface area contributed by atoms with Crippen LogP contribution in [0.4, 0.5) is 0 Å². The molecule has 0 spiro atoms. The fraction of sp³-hybridized carbons (Fsp3) is 1.00. The van der Waals surface area contributed by atoms with Crippen LogP contribution in [0.1, 0.15) is 32.1 Å². The number of nitrogens with zero attached hydrogens (tertiary/aromatic N) is 1. The van der Waals surface area contributed by atoms with Crippen molar-refractivity contribution in [2.24, 2.45) is 5.92 Å². The second-order valence-corrected chi connectivity index (χ2v) is 5.67. The lowest BCUT2D eigenvalue weighted by molar-refractivity contribution is 0.174. The summed E-state index contributed by atoms with van der Waals surface area (Å²) in [4.78, 5) is 2.58. The van der Waals surface area contributed by atoms with Crippen molar-refractivity contribution in [2.75, 3.05) is 18.8 Å². The van der Waals surface area contributed by atoms with Gasteiger partial charge in [0.25, 0.3) is 0 Å². The average Bonchev–Trinajstić information content (AvgIpc) is 2.99. The second-order valence-electron chi connectivity index (χ2n) is 4.56. The van der Waals surface area contributed by atoms with Gasteiger partial charge in [-0.05, 0) is 51.1 Å². The van der Waals surface area contributed by atoms with Crippen LogP contribution in [0.5, 0.6) is 0 Å². The summed E-state index contributed by atoms with van der Waals surface area (Å²) in [5.41, 5.74) is 0. The molecule has 0 bridgehead atoms. The molecule has 1 heterocycles. The number of rotatable bonds is 4. The van der Waals surface area contributed by atoms with Gasteiger partial charge in [0.15, 0.2) is 0 Å². The standard InChI is InChI=1S/C10H19NO2S/c12-14(13)8-5-9-3-6-11(7-4-9)10-1-2-10/h9-10,14H,1-8H2. The van der Waals surface area contributed by atoms with Crippen molar-refractivity contribution in [1.82, 2.24) is 4.90 Å². The first-order chi connectivity index (χ1) is 6.75. The summed E-state index contributed by atoms with van der Waals surface area (Å²) >= 11 is 0. The largest absolute Gasteiger partial charge is 0.300 e. The van der Waals surface area contributed by atoms with E-state index in [9.17, 15) is 8.42 Å². The van der Waals surface area contributed by atoms with Crippen LogP contribution in [0.2, 0.25) is 0 Å². The molecule has 2 aliphatic rings. The van der Waals surface area contributed by atoms with E-state index in [0.29, 0.717) is 11.7 Å². The molecule has 82 valence electrons. The third kappa shape index (κ3) is 2.95. The minimum absolute atomic E-state index is 0.392. The van der Waals surface area contributed by atoms with Gasteiger partial charge >= 0.3 is 0 Å². The molecule has 3 nitrogen and oxygen atoms in total. The Labute approximate surface area is 87.4 Å². The second kappa shape index (κ2) is 4.62. The quantitative estimate of drug-likeness (QED) is 0.710. The van der Waals surface area contributed by atoms with Crippen molar-refractivity contribution in [1.29, 1.82) is 0 Å². The number of piperidine rings is 1. The molecule has 0 aromatic rings. The van der Waals surface area contributed by atoms with Gasteiger partial charge in [0, 0.05) is 11.8 Å². The molecule has 1 aliphatic heterocycles. The van der Waals surface area contributed by atoms with Crippen molar-refractivity contribution >= 4 is 10.7 Å². The Morgan fingerprint density at radius 1 is 1.07 bits per heavy atom. The van der Waals surface area contributed by atoms with Crippen molar-refractivity contribution in [3.8, 4) is 0 Å². The molecule has 1 saturated heterocycles. The minimum atomic E-state index is -2.15. The zero-order valence-electron chi connectivity index (χ0n) is 8.52. The monoisotopic (exact) mass is 217 g/mol. The van der Waals surface area contributed by atoms with E-state index in [1.54, 1.807) is 0 Å². The highest BCUT2D eigenvalue weighted by Crippen LogP contribution is 2.31. The molecular formula is C10H19NO2S. The Kier molecular flexibility index (Phi) is 3.44. The van der Waals surface area contributed by atoms with E-state index in [0.717, 1.165) is 12.5 Å². The maximum atomic E-state index is 10.5. The van der Waals surface area contributed by atoms with Crippen molar-refractivity contribution in [3.05, 3.63) is 0 Å². The van der Waals surface area contributed by atoms with Crippen LogP contribution < -0.4 is 0 Å². The lowest BCUT2D eigenvalue weighted by Crippen LogP contribution is -2.35. The summed E-state index contributed by atoms with van der Waals surface area (Å²) in [6.45, 7) is 2.40. The highest BCUT2D eigenvalue weighted by Gasteiger charge is 2.31. The molecule has 0 N–H and O–H groups in total. The maximum Gasteiger partial charge on any atom is 0.140 e. The molecule has 0 unspecified atom stereocenters. The van der Waals surface area contributed by atoms with E-state index < -0.39 is 10.7 Å². The summed E-state index contributed by atoms with van der Waals surface area (Å²) in [5, 5.41) is 0. The molecule has 2 fully saturated rings. The van der Waals surface area contributed by atoms with Crippen molar-refractivity contribution in [2.45, 2.75) is 38.1 Å². The summed E-state index contributed by atoms with van der Waals surface area (Å²) in [5.74, 6) is 1.06. The van der Waals surface area contributed by atoms with Crippen LogP contribution in [0, 0.1) is 5.92 Å². The molecule has 0 aromatic heterocycles. The zero-order chi connectivity index (χ0) is 9.97. The van der Waals surface area contributed by atoms with Gasteiger partial charge in [-0.3, -0.25) is 0 Å². The highest BCUT2D eigenvalue weighted by molar-refractivity contribution is 7.72. The van der Waals surface area contributed by atoms with Gasteiger partial charge in [-0.25, -0.2) is 8.42 Å². The van der Waals surface area contributed by atoms with Gasteiger partial charge in [-0.1, -0.05) is 0 Å². The Hall–Kier alpha value is -0.0900. The van der Waals surface area contributed by atoms with Crippen molar-refractivity contribution in [3.63, 3.8) is 0 Å². The van der Waals surface area contributed by atoms with Gasteiger partial charge in [0.1, 0.15) is 10.7 Å². The van der Waals surface area contributed by atoms with E-state index >= 15 is 0 Å². The normalized spacial score (nSPS) is 25.8. The number of hydrogen-bond acceptors (Lipinski definition) is 3. The van der Waals surface area contributed by atoms with E-state index in [4.69, 9.17) is 0 Å². The third-order valence-corrected chi connectivity index (χ3v) is 4.06. The predicted molar refractivity (Wildman–Crippen MR) is 57.1 cm³/mol. The van der Waals surface area contributed by atoms with Crippen molar-refractivity contribution < 1.29 is 8.42 Å². The van der Waals surface area contributed by atoms with Gasteiger partial charge in [0.05, 0.1) is 0 Å². The van der Waals surface area contributed by atoms with Crippen LogP contribution in [-0.2, 0) is 10.7 Å². The van der Waals surface area contributed by atoms with E-state index in [-0.39, 0.29) is 0 Å². The Bertz CT molecular complexity index is 245. The van der Waals surface area contributed by atoms with E-state index in [2.05, 4.69) is 4.90 Å². The third-order valence-electron chi connectivity index (χ3n) is 3.43. The maximum absolute atomic E-state index is 10.5. The number of thiol groups is 1. The Morgan fingerprint density at radius 2 is 1.71 bits per heavy atom. The van der Waals surface area contributed by atoms with E-state index in [1.807, 2.05) is 0 Å². The molecule has 0 atom stereocenters. The summed E-state index contributed by atoms with van der Waals surface area (Å²) in [6.07, 6.45) is 6.07. The van der Waals surface area contributed by atoms with Gasteiger partial charge < -0.3 is 4.90 Å². The Balaban J connectivity index is 1.67. The lowest BCUT2D eigenvalue weighted by atomic mass is 9.94. The van der Waals surface area contributed by atoms with Crippen LogP contribution in [0.25, 0.3) is 0 Å². The lowest BCUT2D eigenvalue weighted by Gasteiger charge is -2.31. The molecule has 2 rings (SSSR count). The summed E-state index contributed by atoms with van der Waals surface area (Å²) in [7, 11) is -2.15. The van der Waals surface area contributed by atoms with Crippen LogP contribution in [0.3, 0.4) is 0 Å². The first-order valence-electron chi connectivity index (χ1n) is 5.61. The topological polar surface area (TPSA) is 37.4 Å². The minimum Gasteiger partial charge on any atom is -0.300 e. The first kappa shape index (κ1) is 10.4. The van der Waals surface area contributed by atoms with Crippen LogP contribution >= 0.6 is 0 Å². The fourth-order valence-electron chi connectivity index (χ4n) is 2.33. The highest BCUT2D eigenvalue weighted by atomic mass is 32.2.